The topological polar surface area (TPSA) is 18.5 Å². The molecule has 1 rings (SSSR count). The van der Waals surface area contributed by atoms with Crippen molar-refractivity contribution in [2.45, 2.75) is 41.0 Å². The number of halogens is 1. The quantitative estimate of drug-likeness (QED) is 0.759. The number of hydrogen-bond donors (Lipinski definition) is 0. The van der Waals surface area contributed by atoms with Crippen LogP contribution >= 0.6 is 11.6 Å². The molecular formula is C15H27ClO2. The van der Waals surface area contributed by atoms with Crippen molar-refractivity contribution in [3.63, 3.8) is 0 Å². The normalized spacial score (nSPS) is 8.61. The Kier molecular flexibility index (Phi) is 15.6. The molecule has 0 spiro atoms. The van der Waals surface area contributed by atoms with Crippen molar-refractivity contribution in [3.05, 3.63) is 28.8 Å². The molecule has 3 heteroatoms. The lowest BCUT2D eigenvalue weighted by molar-refractivity contribution is 0.199. The lowest BCUT2D eigenvalue weighted by Crippen LogP contribution is -1.92. The minimum absolute atomic E-state index is 0.697. The highest BCUT2D eigenvalue weighted by Crippen LogP contribution is 2.21. The Morgan fingerprint density at radius 1 is 1.17 bits per heavy atom. The van der Waals surface area contributed by atoms with Gasteiger partial charge in [0.05, 0.1) is 6.61 Å². The van der Waals surface area contributed by atoms with Crippen LogP contribution in [0.15, 0.2) is 18.2 Å². The molecule has 0 saturated carbocycles. The Labute approximate surface area is 117 Å². The number of benzene rings is 1. The molecule has 1 aromatic rings. The van der Waals surface area contributed by atoms with Crippen LogP contribution < -0.4 is 4.74 Å². The number of ether oxygens (including phenoxy) is 2. The maximum absolute atomic E-state index is 5.76. The largest absolute Gasteiger partial charge is 0.494 e. The summed E-state index contributed by atoms with van der Waals surface area (Å²) in [5.74, 6) is 0.914. The molecule has 0 atom stereocenters. The molecule has 0 aliphatic carbocycles. The van der Waals surface area contributed by atoms with Crippen molar-refractivity contribution in [2.75, 3.05) is 20.3 Å². The van der Waals surface area contributed by atoms with Gasteiger partial charge >= 0.3 is 0 Å². The molecule has 18 heavy (non-hydrogen) atoms. The van der Waals surface area contributed by atoms with Crippen LogP contribution in [0, 0.1) is 6.92 Å². The van der Waals surface area contributed by atoms with E-state index in [4.69, 9.17) is 21.1 Å². The van der Waals surface area contributed by atoms with E-state index in [1.165, 1.54) is 0 Å². The third kappa shape index (κ3) is 10.4. The Bertz CT molecular complexity index is 286. The van der Waals surface area contributed by atoms with Crippen LogP contribution in [-0.4, -0.2) is 20.3 Å². The number of aryl methyl sites for hydroxylation is 1. The molecule has 2 nitrogen and oxygen atoms in total. The summed E-state index contributed by atoms with van der Waals surface area (Å²) in [6.45, 7) is 11.6. The zero-order chi connectivity index (χ0) is 14.4. The van der Waals surface area contributed by atoms with E-state index in [0.29, 0.717) is 6.61 Å². The molecule has 1 aromatic carbocycles. The second-order valence-corrected chi connectivity index (χ2v) is 3.77. The minimum atomic E-state index is 0.697. The summed E-state index contributed by atoms with van der Waals surface area (Å²) in [5, 5.41) is 0.756. The van der Waals surface area contributed by atoms with Gasteiger partial charge in [-0.3, -0.25) is 0 Å². The third-order valence-corrected chi connectivity index (χ3v) is 2.08. The molecule has 0 N–H and O–H groups in total. The first-order valence-corrected chi connectivity index (χ1v) is 6.91. The van der Waals surface area contributed by atoms with E-state index in [2.05, 4.69) is 6.92 Å². The van der Waals surface area contributed by atoms with Crippen molar-refractivity contribution in [1.82, 2.24) is 0 Å². The SMILES string of the molecule is CC.CCCOC.CCOc1ccc(Cl)cc1C. The summed E-state index contributed by atoms with van der Waals surface area (Å²) in [4.78, 5) is 0. The average molecular weight is 275 g/mol. The Hall–Kier alpha value is -0.730. The molecule has 0 aromatic heterocycles. The monoisotopic (exact) mass is 274 g/mol. The first kappa shape index (κ1) is 19.6. The summed E-state index contributed by atoms with van der Waals surface area (Å²) in [7, 11) is 1.71. The minimum Gasteiger partial charge on any atom is -0.494 e. The maximum Gasteiger partial charge on any atom is 0.122 e. The van der Waals surface area contributed by atoms with Crippen molar-refractivity contribution in [1.29, 1.82) is 0 Å². The van der Waals surface area contributed by atoms with Gasteiger partial charge in [0.1, 0.15) is 5.75 Å². The van der Waals surface area contributed by atoms with Gasteiger partial charge in [-0.05, 0) is 44.0 Å². The summed E-state index contributed by atoms with van der Waals surface area (Å²) in [6.07, 6.45) is 1.12. The van der Waals surface area contributed by atoms with Crippen molar-refractivity contribution < 1.29 is 9.47 Å². The van der Waals surface area contributed by atoms with Gasteiger partial charge in [-0.25, -0.2) is 0 Å². The highest BCUT2D eigenvalue weighted by atomic mass is 35.5. The van der Waals surface area contributed by atoms with Gasteiger partial charge in [-0.15, -0.1) is 0 Å². The maximum atomic E-state index is 5.76. The van der Waals surface area contributed by atoms with Crippen LogP contribution in [0.1, 0.15) is 39.7 Å². The van der Waals surface area contributed by atoms with E-state index >= 15 is 0 Å². The van der Waals surface area contributed by atoms with Gasteiger partial charge in [0.2, 0.25) is 0 Å². The highest BCUT2D eigenvalue weighted by molar-refractivity contribution is 6.30. The lowest BCUT2D eigenvalue weighted by atomic mass is 10.2. The molecule has 0 unspecified atom stereocenters. The highest BCUT2D eigenvalue weighted by Gasteiger charge is 1.97. The summed E-state index contributed by atoms with van der Waals surface area (Å²) in [6, 6.07) is 5.62. The number of methoxy groups -OCH3 is 1. The molecule has 0 amide bonds. The summed E-state index contributed by atoms with van der Waals surface area (Å²) in [5.41, 5.74) is 1.08. The fraction of sp³-hybridized carbons (Fsp3) is 0.600. The Morgan fingerprint density at radius 3 is 2.11 bits per heavy atom. The number of hydrogen-bond acceptors (Lipinski definition) is 2. The molecule has 0 saturated heterocycles. The van der Waals surface area contributed by atoms with Gasteiger partial charge in [-0.1, -0.05) is 32.4 Å². The first-order chi connectivity index (χ1) is 8.65. The molecule has 0 fully saturated rings. The third-order valence-electron chi connectivity index (χ3n) is 1.85. The molecule has 0 aliphatic rings. The van der Waals surface area contributed by atoms with Crippen molar-refractivity contribution in [3.8, 4) is 5.75 Å². The smallest absolute Gasteiger partial charge is 0.122 e. The van der Waals surface area contributed by atoms with E-state index < -0.39 is 0 Å². The van der Waals surface area contributed by atoms with Gasteiger partial charge in [0, 0.05) is 18.7 Å². The molecule has 0 heterocycles. The predicted molar refractivity (Wildman–Crippen MR) is 80.9 cm³/mol. The predicted octanol–water partition coefficient (Wildman–Crippen LogP) is 5.12. The zero-order valence-corrected chi connectivity index (χ0v) is 13.3. The molecular weight excluding hydrogens is 248 g/mol. The fourth-order valence-corrected chi connectivity index (χ4v) is 1.36. The van der Waals surface area contributed by atoms with Crippen LogP contribution in [0.25, 0.3) is 0 Å². The molecule has 106 valence electrons. The Morgan fingerprint density at radius 2 is 1.78 bits per heavy atom. The van der Waals surface area contributed by atoms with E-state index in [0.717, 1.165) is 29.4 Å². The van der Waals surface area contributed by atoms with Gasteiger partial charge in [-0.2, -0.15) is 0 Å². The molecule has 0 bridgehead atoms. The standard InChI is InChI=1S/C9H11ClO.C4H10O.C2H6/c1-3-11-9-5-4-8(10)6-7(9)2;1-3-4-5-2;1-2/h4-6H,3H2,1-2H3;3-4H2,1-2H3;1-2H3. The lowest BCUT2D eigenvalue weighted by Gasteiger charge is -2.05. The van der Waals surface area contributed by atoms with E-state index in [1.54, 1.807) is 7.11 Å². The summed E-state index contributed by atoms with van der Waals surface area (Å²) < 4.78 is 10.0. The second-order valence-electron chi connectivity index (χ2n) is 3.34. The molecule has 0 radical (unpaired) electrons. The zero-order valence-electron chi connectivity index (χ0n) is 12.5. The van der Waals surface area contributed by atoms with E-state index in [1.807, 2.05) is 45.9 Å². The van der Waals surface area contributed by atoms with Crippen molar-refractivity contribution in [2.24, 2.45) is 0 Å². The van der Waals surface area contributed by atoms with Crippen LogP contribution in [-0.2, 0) is 4.74 Å². The van der Waals surface area contributed by atoms with Crippen molar-refractivity contribution >= 4 is 11.6 Å². The van der Waals surface area contributed by atoms with Gasteiger partial charge in [0.15, 0.2) is 0 Å². The Balaban J connectivity index is 0. The van der Waals surface area contributed by atoms with Crippen LogP contribution in [0.3, 0.4) is 0 Å². The average Bonchev–Trinajstić information content (AvgIpc) is 2.37. The second kappa shape index (κ2) is 14.3. The van der Waals surface area contributed by atoms with Gasteiger partial charge in [0.25, 0.3) is 0 Å². The van der Waals surface area contributed by atoms with Gasteiger partial charge < -0.3 is 9.47 Å². The first-order valence-electron chi connectivity index (χ1n) is 6.53. The van der Waals surface area contributed by atoms with E-state index in [-0.39, 0.29) is 0 Å². The van der Waals surface area contributed by atoms with Crippen LogP contribution in [0.2, 0.25) is 5.02 Å². The summed E-state index contributed by atoms with van der Waals surface area (Å²) >= 11 is 5.76. The van der Waals surface area contributed by atoms with E-state index in [9.17, 15) is 0 Å². The van der Waals surface area contributed by atoms with Crippen LogP contribution in [0.4, 0.5) is 0 Å². The molecule has 0 aliphatic heterocycles. The number of rotatable bonds is 4. The fourth-order valence-electron chi connectivity index (χ4n) is 1.13. The van der Waals surface area contributed by atoms with Crippen LogP contribution in [0.5, 0.6) is 5.75 Å².